The van der Waals surface area contributed by atoms with Crippen LogP contribution in [-0.4, -0.2) is 74.8 Å². The number of rotatable bonds is 13. The maximum atomic E-state index is 13.8. The fourth-order valence-electron chi connectivity index (χ4n) is 3.77. The first-order chi connectivity index (χ1) is 20.0. The lowest BCUT2D eigenvalue weighted by molar-refractivity contribution is -0.151. The first-order valence-corrected chi connectivity index (χ1v) is 16.9. The highest BCUT2D eigenvalue weighted by Gasteiger charge is 2.32. The van der Waals surface area contributed by atoms with Crippen molar-refractivity contribution in [1.29, 1.82) is 0 Å². The van der Waals surface area contributed by atoms with E-state index in [4.69, 9.17) is 9.47 Å². The van der Waals surface area contributed by atoms with Crippen LogP contribution in [0.4, 0.5) is 0 Å². The first-order valence-electron chi connectivity index (χ1n) is 14.0. The number of nitrogens with zero attached hydrogens (tertiary/aromatic N) is 2. The smallest absolute Gasteiger partial charge is 0.335 e. The number of carbonyl (C=O) groups excluding carboxylic acids is 2. The maximum absolute atomic E-state index is 13.8. The Balaban J connectivity index is 2.52. The van der Waals surface area contributed by atoms with Gasteiger partial charge in [-0.1, -0.05) is 48.6 Å². The summed E-state index contributed by atoms with van der Waals surface area (Å²) in [6.07, 6.45) is 0. The molecular weight excluding hydrogens is 604 g/mol. The van der Waals surface area contributed by atoms with Gasteiger partial charge in [0, 0.05) is 37.3 Å². The van der Waals surface area contributed by atoms with Crippen LogP contribution in [-0.2, 0) is 39.1 Å². The fourth-order valence-corrected chi connectivity index (χ4v) is 6.62. The SMILES string of the molecule is C=C(CN(CCN(CC(=C)C(=O)OC(C)(C)C)S(=O)(=O)c1ccc(C)cc1)S(=O)(=O)c1ccc(C)cc1)C(=O)OC(C)(C)C. The molecule has 0 saturated heterocycles. The van der Waals surface area contributed by atoms with Crippen molar-refractivity contribution in [2.45, 2.75) is 76.4 Å². The van der Waals surface area contributed by atoms with Gasteiger partial charge in [0.25, 0.3) is 0 Å². The number of hydrogen-bond donors (Lipinski definition) is 0. The van der Waals surface area contributed by atoms with E-state index in [1.165, 1.54) is 24.3 Å². The van der Waals surface area contributed by atoms with Gasteiger partial charge in [0.05, 0.1) is 9.79 Å². The molecule has 0 amide bonds. The lowest BCUT2D eigenvalue weighted by Gasteiger charge is -2.29. The summed E-state index contributed by atoms with van der Waals surface area (Å²) in [5, 5.41) is 0. The molecule has 0 aliphatic heterocycles. The molecule has 0 unspecified atom stereocenters. The Morgan fingerprint density at radius 2 is 0.886 bits per heavy atom. The number of benzene rings is 2. The zero-order valence-electron chi connectivity index (χ0n) is 26.8. The Labute approximate surface area is 262 Å². The second kappa shape index (κ2) is 14.2. The lowest BCUT2D eigenvalue weighted by Crippen LogP contribution is -2.43. The molecule has 44 heavy (non-hydrogen) atoms. The van der Waals surface area contributed by atoms with Crippen molar-refractivity contribution in [3.63, 3.8) is 0 Å². The van der Waals surface area contributed by atoms with Gasteiger partial charge in [-0.05, 0) is 79.7 Å². The summed E-state index contributed by atoms with van der Waals surface area (Å²) >= 11 is 0. The van der Waals surface area contributed by atoms with Crippen LogP contribution in [0.1, 0.15) is 52.7 Å². The predicted molar refractivity (Wildman–Crippen MR) is 170 cm³/mol. The van der Waals surface area contributed by atoms with E-state index in [9.17, 15) is 26.4 Å². The normalized spacial score (nSPS) is 12.7. The summed E-state index contributed by atoms with van der Waals surface area (Å²) < 4.78 is 68.0. The van der Waals surface area contributed by atoms with Crippen LogP contribution < -0.4 is 0 Å². The minimum absolute atomic E-state index is 0.0498. The lowest BCUT2D eigenvalue weighted by atomic mass is 10.2. The topological polar surface area (TPSA) is 127 Å². The average molecular weight is 649 g/mol. The zero-order valence-corrected chi connectivity index (χ0v) is 28.5. The molecule has 10 nitrogen and oxygen atoms in total. The number of hydrogen-bond acceptors (Lipinski definition) is 8. The highest BCUT2D eigenvalue weighted by molar-refractivity contribution is 7.89. The van der Waals surface area contributed by atoms with Gasteiger partial charge in [0.1, 0.15) is 11.2 Å². The summed E-state index contributed by atoms with van der Waals surface area (Å²) in [4.78, 5) is 25.4. The second-order valence-corrected chi connectivity index (χ2v) is 16.4. The molecule has 0 aliphatic carbocycles. The monoisotopic (exact) mass is 648 g/mol. The van der Waals surface area contributed by atoms with Crippen molar-refractivity contribution in [3.8, 4) is 0 Å². The van der Waals surface area contributed by atoms with Gasteiger partial charge in [-0.25, -0.2) is 26.4 Å². The highest BCUT2D eigenvalue weighted by Crippen LogP contribution is 2.22. The minimum atomic E-state index is -4.24. The number of carbonyl (C=O) groups is 2. The third-order valence-electron chi connectivity index (χ3n) is 6.03. The van der Waals surface area contributed by atoms with E-state index in [1.807, 2.05) is 13.8 Å². The summed E-state index contributed by atoms with van der Waals surface area (Å²) in [5.41, 5.74) is -0.290. The van der Waals surface area contributed by atoms with E-state index in [-0.39, 0.29) is 34.0 Å². The molecule has 12 heteroatoms. The molecule has 2 aromatic rings. The first kappa shape index (κ1) is 36.9. The number of sulfonamides is 2. The summed E-state index contributed by atoms with van der Waals surface area (Å²) in [5.74, 6) is -1.58. The molecule has 0 N–H and O–H groups in total. The van der Waals surface area contributed by atoms with Gasteiger partial charge in [-0.15, -0.1) is 0 Å². The molecule has 0 saturated carbocycles. The molecule has 0 aliphatic rings. The maximum Gasteiger partial charge on any atom is 0.335 e. The molecule has 2 aromatic carbocycles. The molecule has 242 valence electrons. The van der Waals surface area contributed by atoms with Gasteiger partial charge in [-0.2, -0.15) is 8.61 Å². The molecule has 0 aromatic heterocycles. The van der Waals surface area contributed by atoms with Crippen molar-refractivity contribution < 1.29 is 35.9 Å². The van der Waals surface area contributed by atoms with Gasteiger partial charge >= 0.3 is 11.9 Å². The summed E-state index contributed by atoms with van der Waals surface area (Å²) in [6, 6.07) is 12.2. The van der Waals surface area contributed by atoms with Crippen molar-refractivity contribution in [1.82, 2.24) is 8.61 Å². The molecular formula is C32H44N2O8S2. The second-order valence-electron chi connectivity index (χ2n) is 12.5. The summed E-state index contributed by atoms with van der Waals surface area (Å²) in [6.45, 7) is 19.5. The van der Waals surface area contributed by atoms with Gasteiger partial charge < -0.3 is 9.47 Å². The van der Waals surface area contributed by atoms with Crippen LogP contribution in [0.5, 0.6) is 0 Å². The van der Waals surface area contributed by atoms with E-state index in [0.29, 0.717) is 0 Å². The van der Waals surface area contributed by atoms with Crippen molar-refractivity contribution in [3.05, 3.63) is 84.0 Å². The van der Waals surface area contributed by atoms with Gasteiger partial charge in [0.15, 0.2) is 0 Å². The van der Waals surface area contributed by atoms with Crippen LogP contribution in [0.25, 0.3) is 0 Å². The van der Waals surface area contributed by atoms with Crippen molar-refractivity contribution in [2.75, 3.05) is 26.2 Å². The number of ether oxygens (including phenoxy) is 2. The molecule has 0 heterocycles. The van der Waals surface area contributed by atoms with Crippen LogP contribution in [0, 0.1) is 13.8 Å². The van der Waals surface area contributed by atoms with Crippen molar-refractivity contribution >= 4 is 32.0 Å². The van der Waals surface area contributed by atoms with Gasteiger partial charge in [-0.3, -0.25) is 0 Å². The molecule has 0 radical (unpaired) electrons. The van der Waals surface area contributed by atoms with E-state index in [2.05, 4.69) is 13.2 Å². The third-order valence-corrected chi connectivity index (χ3v) is 9.74. The fraction of sp³-hybridized carbons (Fsp3) is 0.438. The molecule has 2 rings (SSSR count). The minimum Gasteiger partial charge on any atom is -0.457 e. The Morgan fingerprint density at radius 1 is 0.614 bits per heavy atom. The highest BCUT2D eigenvalue weighted by atomic mass is 32.2. The third kappa shape index (κ3) is 10.7. The Bertz CT molecular complexity index is 1460. The van der Waals surface area contributed by atoms with Crippen LogP contribution >= 0.6 is 0 Å². The predicted octanol–water partition coefficient (Wildman–Crippen LogP) is 4.78. The quantitative estimate of drug-likeness (QED) is 0.224. The van der Waals surface area contributed by atoms with Crippen LogP contribution in [0.15, 0.2) is 82.6 Å². The van der Waals surface area contributed by atoms with Gasteiger partial charge in [0.2, 0.25) is 20.0 Å². The largest absolute Gasteiger partial charge is 0.457 e. The van der Waals surface area contributed by atoms with Crippen LogP contribution in [0.3, 0.4) is 0 Å². The number of esters is 2. The Hall–Kier alpha value is -3.32. The van der Waals surface area contributed by atoms with E-state index in [0.717, 1.165) is 19.7 Å². The molecule has 0 spiro atoms. The van der Waals surface area contributed by atoms with Crippen LogP contribution in [0.2, 0.25) is 0 Å². The Morgan fingerprint density at radius 3 is 1.14 bits per heavy atom. The number of aryl methyl sites for hydroxylation is 2. The zero-order chi connectivity index (χ0) is 33.7. The Kier molecular flexibility index (Phi) is 11.9. The van der Waals surface area contributed by atoms with Crippen molar-refractivity contribution in [2.24, 2.45) is 0 Å². The molecule has 0 bridgehead atoms. The van der Waals surface area contributed by atoms with E-state index < -0.39 is 56.3 Å². The standard InChI is InChI=1S/C32H44N2O8S2/c1-23-11-15-27(16-12-23)43(37,38)33(21-25(3)29(35)41-31(5,6)7)19-20-34(22-26(4)30(36)42-32(8,9)10)44(39,40)28-17-13-24(2)14-18-28/h11-18H,3-4,19-22H2,1-2,5-10H3. The van der Waals surface area contributed by atoms with E-state index >= 15 is 0 Å². The van der Waals surface area contributed by atoms with E-state index in [1.54, 1.807) is 65.8 Å². The molecule has 0 atom stereocenters. The summed E-state index contributed by atoms with van der Waals surface area (Å²) in [7, 11) is -8.48. The molecule has 0 fully saturated rings. The average Bonchev–Trinajstić information content (AvgIpc) is 2.88.